The van der Waals surface area contributed by atoms with Gasteiger partial charge in [-0.1, -0.05) is 140 Å². The average Bonchev–Trinajstić information content (AvgIpc) is 2.84. The zero-order valence-corrected chi connectivity index (χ0v) is 28.2. The molecular weight excluding hydrogens is 512 g/mol. The van der Waals surface area contributed by atoms with Gasteiger partial charge < -0.3 is 10.2 Å². The minimum absolute atomic E-state index is 0.0129. The molecule has 3 atom stereocenters. The molecule has 0 amide bonds. The molecule has 0 fully saturated rings. The largest absolute Gasteiger partial charge is 0.393 e. The SMILES string of the molecule is CC1=C[C@H](O)CC(C)(C)[C@H]1/C=C/C(C)=C/C=C/C(C)=C/CC/C=C(C)/C=C/C=C(C)/C=C/C1=C(C)C[C@H](O)CC1(C)C. The molecule has 0 aliphatic heterocycles. The second kappa shape index (κ2) is 16.2. The monoisotopic (exact) mass is 570 g/mol. The van der Waals surface area contributed by atoms with Crippen LogP contribution in [0.1, 0.15) is 101 Å². The van der Waals surface area contributed by atoms with Crippen molar-refractivity contribution in [1.82, 2.24) is 0 Å². The number of aliphatic hydroxyl groups excluding tert-OH is 2. The van der Waals surface area contributed by atoms with Gasteiger partial charge in [-0.2, -0.15) is 0 Å². The first-order valence-electron chi connectivity index (χ1n) is 15.7. The highest BCUT2D eigenvalue weighted by Gasteiger charge is 2.34. The van der Waals surface area contributed by atoms with Crippen LogP contribution in [-0.4, -0.2) is 22.4 Å². The Morgan fingerprint density at radius 2 is 1.33 bits per heavy atom. The van der Waals surface area contributed by atoms with Crippen molar-refractivity contribution in [2.24, 2.45) is 16.7 Å². The van der Waals surface area contributed by atoms with Crippen LogP contribution in [0.2, 0.25) is 0 Å². The molecule has 0 spiro atoms. The summed E-state index contributed by atoms with van der Waals surface area (Å²) in [6.45, 7) is 21.8. The van der Waals surface area contributed by atoms with Crippen molar-refractivity contribution in [2.45, 2.75) is 114 Å². The predicted molar refractivity (Wildman–Crippen MR) is 184 cm³/mol. The molecule has 0 aromatic carbocycles. The van der Waals surface area contributed by atoms with Gasteiger partial charge in [0.25, 0.3) is 0 Å². The van der Waals surface area contributed by atoms with Crippen LogP contribution >= 0.6 is 0 Å². The summed E-state index contributed by atoms with van der Waals surface area (Å²) >= 11 is 0. The topological polar surface area (TPSA) is 40.5 Å². The molecule has 0 bridgehead atoms. The third-order valence-corrected chi connectivity index (χ3v) is 8.60. The third-order valence-electron chi connectivity index (χ3n) is 8.60. The lowest BCUT2D eigenvalue weighted by Crippen LogP contribution is -2.32. The maximum Gasteiger partial charge on any atom is 0.0729 e. The quantitative estimate of drug-likeness (QED) is 0.147. The van der Waals surface area contributed by atoms with Crippen LogP contribution in [0.4, 0.5) is 0 Å². The van der Waals surface area contributed by atoms with Gasteiger partial charge in [-0.15, -0.1) is 0 Å². The first kappa shape index (κ1) is 35.5. The predicted octanol–water partition coefficient (Wildman–Crippen LogP) is 10.6. The second-order valence-electron chi connectivity index (χ2n) is 14.0. The lowest BCUT2D eigenvalue weighted by molar-refractivity contribution is 0.116. The molecule has 0 heterocycles. The number of rotatable bonds is 11. The third kappa shape index (κ3) is 11.9. The van der Waals surface area contributed by atoms with Crippen molar-refractivity contribution in [3.8, 4) is 0 Å². The van der Waals surface area contributed by atoms with E-state index in [1.165, 1.54) is 39.0 Å². The molecule has 2 aliphatic rings. The molecule has 0 unspecified atom stereocenters. The average molecular weight is 571 g/mol. The first-order chi connectivity index (χ1) is 19.6. The maximum absolute atomic E-state index is 10.1. The Labute approximate surface area is 258 Å². The van der Waals surface area contributed by atoms with E-state index in [4.69, 9.17) is 0 Å². The summed E-state index contributed by atoms with van der Waals surface area (Å²) in [5.41, 5.74) is 8.98. The summed E-state index contributed by atoms with van der Waals surface area (Å²) in [5, 5.41) is 20.2. The van der Waals surface area contributed by atoms with Gasteiger partial charge in [0.15, 0.2) is 0 Å². The van der Waals surface area contributed by atoms with Crippen LogP contribution in [0, 0.1) is 16.7 Å². The van der Waals surface area contributed by atoms with Gasteiger partial charge >= 0.3 is 0 Å². The second-order valence-corrected chi connectivity index (χ2v) is 14.0. The van der Waals surface area contributed by atoms with Gasteiger partial charge in [-0.25, -0.2) is 0 Å². The van der Waals surface area contributed by atoms with Crippen LogP contribution < -0.4 is 0 Å². The van der Waals surface area contributed by atoms with Crippen LogP contribution in [0.5, 0.6) is 0 Å². The fraction of sp³-hybridized carbons (Fsp3) is 0.500. The number of aliphatic hydroxyl groups is 2. The van der Waals surface area contributed by atoms with Crippen LogP contribution in [-0.2, 0) is 0 Å². The van der Waals surface area contributed by atoms with E-state index in [2.05, 4.69) is 142 Å². The maximum atomic E-state index is 10.1. The Morgan fingerprint density at radius 1 is 0.786 bits per heavy atom. The number of allylic oxidation sites excluding steroid dienone is 18. The van der Waals surface area contributed by atoms with E-state index in [9.17, 15) is 10.2 Å². The van der Waals surface area contributed by atoms with Gasteiger partial charge in [-0.3, -0.25) is 0 Å². The highest BCUT2D eigenvalue weighted by atomic mass is 16.3. The highest BCUT2D eigenvalue weighted by Crippen LogP contribution is 2.42. The molecule has 0 saturated carbocycles. The van der Waals surface area contributed by atoms with E-state index < -0.39 is 0 Å². The van der Waals surface area contributed by atoms with Gasteiger partial charge in [0.05, 0.1) is 12.2 Å². The summed E-state index contributed by atoms with van der Waals surface area (Å²) in [4.78, 5) is 0. The van der Waals surface area contributed by atoms with Crippen LogP contribution in [0.15, 0.2) is 118 Å². The Hall–Kier alpha value is -2.68. The Bertz CT molecular complexity index is 1230. The molecule has 0 aromatic rings. The zero-order chi connectivity index (χ0) is 31.5. The first-order valence-corrected chi connectivity index (χ1v) is 15.7. The minimum Gasteiger partial charge on any atom is -0.393 e. The van der Waals surface area contributed by atoms with E-state index in [1.54, 1.807) is 0 Å². The van der Waals surface area contributed by atoms with Crippen molar-refractivity contribution >= 4 is 0 Å². The van der Waals surface area contributed by atoms with Crippen LogP contribution in [0.25, 0.3) is 0 Å². The highest BCUT2D eigenvalue weighted by molar-refractivity contribution is 5.38. The van der Waals surface area contributed by atoms with Crippen molar-refractivity contribution < 1.29 is 10.2 Å². The molecule has 42 heavy (non-hydrogen) atoms. The summed E-state index contributed by atoms with van der Waals surface area (Å²) in [6.07, 6.45) is 32.4. The molecule has 0 aromatic heterocycles. The van der Waals surface area contributed by atoms with Crippen LogP contribution in [0.3, 0.4) is 0 Å². The van der Waals surface area contributed by atoms with E-state index >= 15 is 0 Å². The van der Waals surface area contributed by atoms with E-state index in [0.29, 0.717) is 5.92 Å². The number of hydrogen-bond donors (Lipinski definition) is 2. The zero-order valence-electron chi connectivity index (χ0n) is 28.2. The normalized spacial score (nSPS) is 26.4. The van der Waals surface area contributed by atoms with E-state index in [-0.39, 0.29) is 23.0 Å². The molecule has 2 rings (SSSR count). The molecular formula is C40H58O2. The Balaban J connectivity index is 1.83. The Morgan fingerprint density at radius 3 is 1.86 bits per heavy atom. The van der Waals surface area contributed by atoms with Crippen molar-refractivity contribution in [3.05, 3.63) is 118 Å². The fourth-order valence-corrected chi connectivity index (χ4v) is 6.38. The summed E-state index contributed by atoms with van der Waals surface area (Å²) in [7, 11) is 0. The Kier molecular flexibility index (Phi) is 13.7. The summed E-state index contributed by atoms with van der Waals surface area (Å²) < 4.78 is 0. The van der Waals surface area contributed by atoms with Crippen molar-refractivity contribution in [1.29, 1.82) is 0 Å². The molecule has 2 aliphatic carbocycles. The standard InChI is InChI=1S/C40H58O2/c1-29(17-13-19-31(3)21-23-37-33(5)25-35(41)27-39(37,7)8)15-11-12-16-30(2)18-14-20-32(4)22-24-38-34(6)26-36(42)28-40(38,9)10/h13-25,35-37,41-42H,11-12,26-28H2,1-10H3/b17-13+,18-14+,23-21+,24-22+,29-15+,30-16+,31-19+,32-20+/t35-,36-,37-/m0/s1. The van der Waals surface area contributed by atoms with E-state index in [1.807, 2.05) is 6.08 Å². The van der Waals surface area contributed by atoms with Gasteiger partial charge in [0.2, 0.25) is 0 Å². The molecule has 0 radical (unpaired) electrons. The molecule has 0 saturated heterocycles. The molecule has 2 nitrogen and oxygen atoms in total. The number of hydrogen-bond acceptors (Lipinski definition) is 2. The molecule has 230 valence electrons. The van der Waals surface area contributed by atoms with Crippen molar-refractivity contribution in [3.63, 3.8) is 0 Å². The van der Waals surface area contributed by atoms with Crippen molar-refractivity contribution in [2.75, 3.05) is 0 Å². The molecule has 2 N–H and O–H groups in total. The summed E-state index contributed by atoms with van der Waals surface area (Å²) in [6, 6.07) is 0. The minimum atomic E-state index is -0.325. The number of unbranched alkanes of at least 4 members (excludes halogenated alkanes) is 1. The smallest absolute Gasteiger partial charge is 0.0729 e. The van der Waals surface area contributed by atoms with E-state index in [0.717, 1.165) is 32.1 Å². The fourth-order valence-electron chi connectivity index (χ4n) is 6.38. The van der Waals surface area contributed by atoms with Gasteiger partial charge in [0, 0.05) is 5.92 Å². The van der Waals surface area contributed by atoms with Gasteiger partial charge in [0.1, 0.15) is 0 Å². The van der Waals surface area contributed by atoms with Gasteiger partial charge in [-0.05, 0) is 90.0 Å². The molecule has 2 heteroatoms. The lowest BCUT2D eigenvalue weighted by atomic mass is 9.67. The lowest BCUT2D eigenvalue weighted by Gasteiger charge is -2.38. The summed E-state index contributed by atoms with van der Waals surface area (Å²) in [5.74, 6) is 0.357.